The predicted octanol–water partition coefficient (Wildman–Crippen LogP) is 0.474. The number of sulfone groups is 1. The summed E-state index contributed by atoms with van der Waals surface area (Å²) >= 11 is 5.67. The minimum absolute atomic E-state index is 0.0373. The Hall–Kier alpha value is -1.16. The van der Waals surface area contributed by atoms with E-state index in [4.69, 9.17) is 11.6 Å². The summed E-state index contributed by atoms with van der Waals surface area (Å²) in [5, 5.41) is 0.394. The molecule has 2 rings (SSSR count). The lowest BCUT2D eigenvalue weighted by Crippen LogP contribution is -2.42. The van der Waals surface area contributed by atoms with E-state index in [0.29, 0.717) is 11.4 Å². The van der Waals surface area contributed by atoms with Crippen LogP contribution in [0.2, 0.25) is 5.02 Å². The summed E-state index contributed by atoms with van der Waals surface area (Å²) in [6.07, 6.45) is 0.377. The Morgan fingerprint density at radius 1 is 1.27 bits per heavy atom. The molecule has 1 atom stereocenters. The van der Waals surface area contributed by atoms with E-state index >= 15 is 0 Å². The van der Waals surface area contributed by atoms with Gasteiger partial charge < -0.3 is 0 Å². The van der Waals surface area contributed by atoms with Gasteiger partial charge in [0.25, 0.3) is 10.0 Å². The van der Waals surface area contributed by atoms with E-state index in [-0.39, 0.29) is 28.7 Å². The third kappa shape index (κ3) is 4.67. The van der Waals surface area contributed by atoms with Gasteiger partial charge in [0.15, 0.2) is 9.84 Å². The number of carbonyl (C=O) groups excluding carboxylic acids is 1. The highest BCUT2D eigenvalue weighted by Gasteiger charge is 2.29. The Labute approximate surface area is 134 Å². The van der Waals surface area contributed by atoms with Crippen molar-refractivity contribution in [2.75, 3.05) is 11.5 Å². The van der Waals surface area contributed by atoms with Gasteiger partial charge in [0.2, 0.25) is 5.91 Å². The van der Waals surface area contributed by atoms with E-state index in [1.807, 2.05) is 4.83 Å². The number of hydrogen-bond acceptors (Lipinski definition) is 5. The summed E-state index contributed by atoms with van der Waals surface area (Å²) in [7, 11) is -6.95. The topological polar surface area (TPSA) is 109 Å². The molecule has 1 amide bonds. The normalized spacial score (nSPS) is 20.7. The molecule has 0 aliphatic carbocycles. The van der Waals surface area contributed by atoms with E-state index in [2.05, 4.69) is 5.43 Å². The maximum absolute atomic E-state index is 11.9. The zero-order chi connectivity index (χ0) is 16.4. The van der Waals surface area contributed by atoms with Gasteiger partial charge in [0.05, 0.1) is 16.4 Å². The molecule has 0 aromatic heterocycles. The zero-order valence-electron chi connectivity index (χ0n) is 11.5. The van der Waals surface area contributed by atoms with Gasteiger partial charge in [-0.1, -0.05) is 11.6 Å². The molecule has 0 unspecified atom stereocenters. The molecule has 1 fully saturated rings. The van der Waals surface area contributed by atoms with Crippen LogP contribution in [0.4, 0.5) is 0 Å². The van der Waals surface area contributed by atoms with Gasteiger partial charge >= 0.3 is 0 Å². The lowest BCUT2D eigenvalue weighted by atomic mass is 10.1. The van der Waals surface area contributed by atoms with Crippen molar-refractivity contribution >= 4 is 37.4 Å². The number of hydrazine groups is 1. The fraction of sp³-hybridized carbons (Fsp3) is 0.417. The smallest absolute Gasteiger partial charge is 0.257 e. The fourth-order valence-corrected chi connectivity index (χ4v) is 4.99. The molecule has 0 spiro atoms. The van der Waals surface area contributed by atoms with Gasteiger partial charge in [-0.2, -0.15) is 0 Å². The van der Waals surface area contributed by atoms with Gasteiger partial charge in [-0.25, -0.2) is 16.8 Å². The summed E-state index contributed by atoms with van der Waals surface area (Å²) in [6.45, 7) is 0. The van der Waals surface area contributed by atoms with Crippen LogP contribution in [-0.4, -0.2) is 34.2 Å². The Bertz CT molecular complexity index is 759. The molecule has 0 saturated carbocycles. The Balaban J connectivity index is 1.89. The number of hydrogen-bond donors (Lipinski definition) is 2. The number of sulfonamides is 1. The van der Waals surface area contributed by atoms with Crippen LogP contribution in [0, 0.1) is 5.92 Å². The average molecular weight is 367 g/mol. The van der Waals surface area contributed by atoms with Crippen LogP contribution < -0.4 is 10.3 Å². The van der Waals surface area contributed by atoms with Crippen molar-refractivity contribution in [1.82, 2.24) is 10.3 Å². The van der Waals surface area contributed by atoms with Crippen molar-refractivity contribution < 1.29 is 21.6 Å². The van der Waals surface area contributed by atoms with Crippen molar-refractivity contribution in [2.45, 2.75) is 17.7 Å². The maximum atomic E-state index is 11.9. The predicted molar refractivity (Wildman–Crippen MR) is 81.3 cm³/mol. The van der Waals surface area contributed by atoms with E-state index in [1.54, 1.807) is 0 Å². The van der Waals surface area contributed by atoms with Gasteiger partial charge in [-0.3, -0.25) is 10.2 Å². The van der Waals surface area contributed by atoms with E-state index in [9.17, 15) is 21.6 Å². The minimum Gasteiger partial charge on any atom is -0.278 e. The molecule has 22 heavy (non-hydrogen) atoms. The van der Waals surface area contributed by atoms with Gasteiger partial charge in [0.1, 0.15) is 0 Å². The van der Waals surface area contributed by atoms with Crippen molar-refractivity contribution in [3.05, 3.63) is 29.3 Å². The van der Waals surface area contributed by atoms with Gasteiger partial charge in [-0.15, -0.1) is 4.83 Å². The summed E-state index contributed by atoms with van der Waals surface area (Å²) < 4.78 is 46.4. The van der Waals surface area contributed by atoms with Crippen LogP contribution in [0.3, 0.4) is 0 Å². The van der Waals surface area contributed by atoms with Crippen molar-refractivity contribution in [3.63, 3.8) is 0 Å². The lowest BCUT2D eigenvalue weighted by Gasteiger charge is -2.10. The Kier molecular flexibility index (Phi) is 5.10. The molecular formula is C12H15ClN2O5S2. The molecule has 1 aromatic rings. The maximum Gasteiger partial charge on any atom is 0.257 e. The second-order valence-electron chi connectivity index (χ2n) is 5.08. The summed E-state index contributed by atoms with van der Waals surface area (Å²) in [5.41, 5.74) is 2.09. The second-order valence-corrected chi connectivity index (χ2v) is 9.43. The van der Waals surface area contributed by atoms with E-state index in [1.165, 1.54) is 24.3 Å². The number of halogens is 1. The quantitative estimate of drug-likeness (QED) is 0.736. The number of benzene rings is 1. The Morgan fingerprint density at radius 2 is 1.91 bits per heavy atom. The summed E-state index contributed by atoms with van der Waals surface area (Å²) in [4.78, 5) is 13.6. The van der Waals surface area contributed by atoms with Crippen LogP contribution in [0.25, 0.3) is 0 Å². The second kappa shape index (κ2) is 6.53. The van der Waals surface area contributed by atoms with Gasteiger partial charge in [-0.05, 0) is 36.6 Å². The number of carbonyl (C=O) groups is 1. The monoisotopic (exact) mass is 366 g/mol. The molecule has 1 saturated heterocycles. The minimum atomic E-state index is -3.89. The SMILES string of the molecule is O=C(C[C@H]1CCS(=O)(=O)C1)NNS(=O)(=O)c1ccc(Cl)cc1. The largest absolute Gasteiger partial charge is 0.278 e. The third-order valence-electron chi connectivity index (χ3n) is 3.25. The summed E-state index contributed by atoms with van der Waals surface area (Å²) in [6, 6.07) is 5.45. The van der Waals surface area contributed by atoms with Crippen molar-refractivity contribution in [3.8, 4) is 0 Å². The van der Waals surface area contributed by atoms with Crippen LogP contribution >= 0.6 is 11.6 Å². The first-order valence-electron chi connectivity index (χ1n) is 6.45. The van der Waals surface area contributed by atoms with E-state index < -0.39 is 25.8 Å². The number of rotatable bonds is 5. The first kappa shape index (κ1) is 17.2. The van der Waals surface area contributed by atoms with Crippen molar-refractivity contribution in [2.24, 2.45) is 5.92 Å². The van der Waals surface area contributed by atoms with Gasteiger partial charge in [0, 0.05) is 11.4 Å². The number of amides is 1. The van der Waals surface area contributed by atoms with Crippen LogP contribution in [0.15, 0.2) is 29.2 Å². The third-order valence-corrected chi connectivity index (χ3v) is 6.60. The molecule has 122 valence electrons. The Morgan fingerprint density at radius 3 is 2.45 bits per heavy atom. The standard InChI is InChI=1S/C12H15ClN2O5S2/c13-10-1-3-11(4-2-10)22(19,20)15-14-12(16)7-9-5-6-21(17,18)8-9/h1-4,9,15H,5-8H2,(H,14,16)/t9-/m1/s1. The molecule has 0 bridgehead atoms. The zero-order valence-corrected chi connectivity index (χ0v) is 13.8. The lowest BCUT2D eigenvalue weighted by molar-refractivity contribution is -0.122. The first-order valence-corrected chi connectivity index (χ1v) is 10.1. The average Bonchev–Trinajstić information content (AvgIpc) is 2.76. The molecular weight excluding hydrogens is 352 g/mol. The molecule has 2 N–H and O–H groups in total. The van der Waals surface area contributed by atoms with Crippen molar-refractivity contribution in [1.29, 1.82) is 0 Å². The number of nitrogens with one attached hydrogen (secondary N) is 2. The highest BCUT2D eigenvalue weighted by molar-refractivity contribution is 7.91. The van der Waals surface area contributed by atoms with Crippen LogP contribution in [0.1, 0.15) is 12.8 Å². The molecule has 1 aliphatic heterocycles. The first-order chi connectivity index (χ1) is 10.2. The van der Waals surface area contributed by atoms with Crippen LogP contribution in [-0.2, 0) is 24.7 Å². The molecule has 1 heterocycles. The molecule has 0 radical (unpaired) electrons. The molecule has 10 heteroatoms. The highest BCUT2D eigenvalue weighted by atomic mass is 35.5. The summed E-state index contributed by atoms with van der Waals surface area (Å²) in [5.74, 6) is -0.809. The molecule has 1 aromatic carbocycles. The fourth-order valence-electron chi connectivity index (χ4n) is 2.14. The van der Waals surface area contributed by atoms with E-state index in [0.717, 1.165) is 0 Å². The molecule has 7 nitrogen and oxygen atoms in total. The molecule has 1 aliphatic rings. The highest BCUT2D eigenvalue weighted by Crippen LogP contribution is 2.21. The van der Waals surface area contributed by atoms with Crippen LogP contribution in [0.5, 0.6) is 0 Å².